The lowest BCUT2D eigenvalue weighted by molar-refractivity contribution is 0.243. The van der Waals surface area contributed by atoms with Crippen LogP contribution >= 0.6 is 27.3 Å². The monoisotopic (exact) mass is 433 g/mol. The number of amides is 2. The minimum atomic E-state index is -0.243. The number of hydrogen-bond donors (Lipinski definition) is 3. The summed E-state index contributed by atoms with van der Waals surface area (Å²) in [6.45, 7) is 2.65. The molecule has 3 rings (SSSR count). The van der Waals surface area contributed by atoms with Crippen molar-refractivity contribution in [2.75, 3.05) is 18.5 Å². The molecule has 0 aliphatic rings. The van der Waals surface area contributed by atoms with E-state index in [9.17, 15) is 4.79 Å². The number of carbonyl (C=O) groups excluding carboxylic acids is 1. The van der Waals surface area contributed by atoms with Gasteiger partial charge in [-0.2, -0.15) is 0 Å². The number of halogens is 1. The Labute approximate surface area is 164 Å². The summed E-state index contributed by atoms with van der Waals surface area (Å²) < 4.78 is 2.16. The fourth-order valence-corrected chi connectivity index (χ4v) is 3.79. The summed E-state index contributed by atoms with van der Waals surface area (Å²) in [6.07, 6.45) is 0.674. The molecule has 0 fully saturated rings. The number of aliphatic hydroxyl groups is 1. The van der Waals surface area contributed by atoms with Crippen molar-refractivity contribution in [2.24, 2.45) is 5.92 Å². The summed E-state index contributed by atoms with van der Waals surface area (Å²) in [4.78, 5) is 16.6. The number of aromatic nitrogens is 1. The minimum absolute atomic E-state index is 0.134. The average Bonchev–Trinajstić information content (AvgIpc) is 3.04. The van der Waals surface area contributed by atoms with Gasteiger partial charge in [-0.1, -0.05) is 22.9 Å². The van der Waals surface area contributed by atoms with Crippen molar-refractivity contribution < 1.29 is 9.90 Å². The summed E-state index contributed by atoms with van der Waals surface area (Å²) >= 11 is 5.11. The van der Waals surface area contributed by atoms with Crippen LogP contribution in [0.3, 0.4) is 0 Å². The van der Waals surface area contributed by atoms with Crippen LogP contribution in [0.25, 0.3) is 20.8 Å². The number of thiazole rings is 1. The van der Waals surface area contributed by atoms with Gasteiger partial charge in [0.05, 0.1) is 10.2 Å². The van der Waals surface area contributed by atoms with E-state index >= 15 is 0 Å². The van der Waals surface area contributed by atoms with Crippen LogP contribution in [0.2, 0.25) is 0 Å². The van der Waals surface area contributed by atoms with Crippen molar-refractivity contribution in [1.29, 1.82) is 0 Å². The van der Waals surface area contributed by atoms with Gasteiger partial charge >= 0.3 is 6.03 Å². The standard InChI is InChI=1S/C19H20BrN3O2S/c1-12(8-9-24)11-21-19(25)22-15-5-2-13(3-6-15)18-23-16-10-14(20)4-7-17(16)26-18/h2-7,10,12,24H,8-9,11H2,1H3,(H2,21,22,25)/t12-/m0/s1. The van der Waals surface area contributed by atoms with Crippen molar-refractivity contribution in [3.05, 3.63) is 46.9 Å². The van der Waals surface area contributed by atoms with Crippen molar-refractivity contribution >= 4 is 49.2 Å². The number of aliphatic hydroxyl groups excluding tert-OH is 1. The second kappa shape index (κ2) is 8.62. The van der Waals surface area contributed by atoms with Gasteiger partial charge in [-0.25, -0.2) is 9.78 Å². The quantitative estimate of drug-likeness (QED) is 0.519. The number of anilines is 1. The Kier molecular flexibility index (Phi) is 6.24. The van der Waals surface area contributed by atoms with Crippen LogP contribution in [0.1, 0.15) is 13.3 Å². The van der Waals surface area contributed by atoms with E-state index in [1.807, 2.05) is 43.3 Å². The third-order valence-electron chi connectivity index (χ3n) is 3.97. The highest BCUT2D eigenvalue weighted by atomic mass is 79.9. The minimum Gasteiger partial charge on any atom is -0.396 e. The normalized spacial score (nSPS) is 12.1. The second-order valence-corrected chi connectivity index (χ2v) is 8.11. The summed E-state index contributed by atoms with van der Waals surface area (Å²) in [5.41, 5.74) is 2.72. The molecule has 0 bridgehead atoms. The Morgan fingerprint density at radius 1 is 1.27 bits per heavy atom. The Morgan fingerprint density at radius 2 is 2.04 bits per heavy atom. The van der Waals surface area contributed by atoms with Crippen molar-refractivity contribution in [3.63, 3.8) is 0 Å². The maximum atomic E-state index is 11.9. The van der Waals surface area contributed by atoms with Crippen LogP contribution in [0, 0.1) is 5.92 Å². The molecule has 2 aromatic carbocycles. The van der Waals surface area contributed by atoms with Gasteiger partial charge in [-0.05, 0) is 54.8 Å². The summed E-state index contributed by atoms with van der Waals surface area (Å²) in [7, 11) is 0. The maximum absolute atomic E-state index is 11.9. The molecule has 2 amide bonds. The number of fused-ring (bicyclic) bond motifs is 1. The average molecular weight is 434 g/mol. The van der Waals surface area contributed by atoms with E-state index in [-0.39, 0.29) is 18.6 Å². The molecule has 26 heavy (non-hydrogen) atoms. The topological polar surface area (TPSA) is 74.2 Å². The van der Waals surface area contributed by atoms with Gasteiger partial charge in [0.25, 0.3) is 0 Å². The fourth-order valence-electron chi connectivity index (χ4n) is 2.48. The van der Waals surface area contributed by atoms with Gasteiger partial charge in [-0.15, -0.1) is 11.3 Å². The molecule has 0 saturated heterocycles. The largest absolute Gasteiger partial charge is 0.396 e. The highest BCUT2D eigenvalue weighted by molar-refractivity contribution is 9.10. The molecule has 7 heteroatoms. The van der Waals surface area contributed by atoms with E-state index < -0.39 is 0 Å². The summed E-state index contributed by atoms with van der Waals surface area (Å²) in [5, 5.41) is 15.5. The number of hydrogen-bond acceptors (Lipinski definition) is 4. The van der Waals surface area contributed by atoms with Crippen LogP contribution in [0.4, 0.5) is 10.5 Å². The Balaban J connectivity index is 1.63. The van der Waals surface area contributed by atoms with E-state index in [1.54, 1.807) is 11.3 Å². The molecule has 0 unspecified atom stereocenters. The Morgan fingerprint density at radius 3 is 2.77 bits per heavy atom. The number of urea groups is 1. The molecule has 1 heterocycles. The lowest BCUT2D eigenvalue weighted by Gasteiger charge is -2.12. The van der Waals surface area contributed by atoms with Gasteiger partial charge in [0.2, 0.25) is 0 Å². The smallest absolute Gasteiger partial charge is 0.319 e. The van der Waals surface area contributed by atoms with Crippen LogP contribution in [-0.4, -0.2) is 29.3 Å². The number of benzene rings is 2. The van der Waals surface area contributed by atoms with E-state index in [0.717, 1.165) is 30.9 Å². The molecule has 1 aromatic heterocycles. The molecule has 0 aliphatic carbocycles. The molecule has 5 nitrogen and oxygen atoms in total. The van der Waals surface area contributed by atoms with Gasteiger partial charge < -0.3 is 15.7 Å². The van der Waals surface area contributed by atoms with Crippen LogP contribution in [0.5, 0.6) is 0 Å². The molecular formula is C19H20BrN3O2S. The molecule has 1 atom stereocenters. The van der Waals surface area contributed by atoms with Gasteiger partial charge in [-0.3, -0.25) is 0 Å². The molecule has 0 spiro atoms. The van der Waals surface area contributed by atoms with Crippen molar-refractivity contribution in [2.45, 2.75) is 13.3 Å². The molecular weight excluding hydrogens is 414 g/mol. The van der Waals surface area contributed by atoms with E-state index in [2.05, 4.69) is 37.6 Å². The fraction of sp³-hybridized carbons (Fsp3) is 0.263. The summed E-state index contributed by atoms with van der Waals surface area (Å²) in [5.74, 6) is 0.243. The number of rotatable bonds is 6. The van der Waals surface area contributed by atoms with E-state index in [4.69, 9.17) is 5.11 Å². The van der Waals surface area contributed by atoms with Gasteiger partial charge in [0, 0.05) is 28.9 Å². The third kappa shape index (κ3) is 4.81. The highest BCUT2D eigenvalue weighted by Gasteiger charge is 2.08. The van der Waals surface area contributed by atoms with Crippen LogP contribution in [-0.2, 0) is 0 Å². The first-order chi connectivity index (χ1) is 12.5. The predicted molar refractivity (Wildman–Crippen MR) is 111 cm³/mol. The van der Waals surface area contributed by atoms with Gasteiger partial charge in [0.1, 0.15) is 5.01 Å². The first kappa shape index (κ1) is 18.8. The molecule has 0 saturated carbocycles. The third-order valence-corrected chi connectivity index (χ3v) is 5.55. The van der Waals surface area contributed by atoms with E-state index in [0.29, 0.717) is 13.0 Å². The van der Waals surface area contributed by atoms with Crippen molar-refractivity contribution in [3.8, 4) is 10.6 Å². The first-order valence-electron chi connectivity index (χ1n) is 8.37. The lowest BCUT2D eigenvalue weighted by Crippen LogP contribution is -2.32. The number of nitrogens with zero attached hydrogens (tertiary/aromatic N) is 1. The number of nitrogens with one attached hydrogen (secondary N) is 2. The van der Waals surface area contributed by atoms with Crippen LogP contribution < -0.4 is 10.6 Å². The van der Waals surface area contributed by atoms with Crippen molar-refractivity contribution in [1.82, 2.24) is 10.3 Å². The highest BCUT2D eigenvalue weighted by Crippen LogP contribution is 2.32. The van der Waals surface area contributed by atoms with E-state index in [1.165, 1.54) is 0 Å². The molecule has 3 N–H and O–H groups in total. The Bertz CT molecular complexity index is 895. The zero-order valence-electron chi connectivity index (χ0n) is 14.3. The zero-order chi connectivity index (χ0) is 18.5. The maximum Gasteiger partial charge on any atom is 0.319 e. The van der Waals surface area contributed by atoms with Gasteiger partial charge in [0.15, 0.2) is 0 Å². The molecule has 3 aromatic rings. The molecule has 136 valence electrons. The zero-order valence-corrected chi connectivity index (χ0v) is 16.7. The molecule has 0 aliphatic heterocycles. The second-order valence-electron chi connectivity index (χ2n) is 6.16. The summed E-state index contributed by atoms with van der Waals surface area (Å²) in [6, 6.07) is 13.5. The number of carbonyl (C=O) groups is 1. The lowest BCUT2D eigenvalue weighted by atomic mass is 10.1. The van der Waals surface area contributed by atoms with Crippen LogP contribution in [0.15, 0.2) is 46.9 Å². The SMILES string of the molecule is C[C@@H](CCO)CNC(=O)Nc1ccc(-c2nc3cc(Br)ccc3s2)cc1. The first-order valence-corrected chi connectivity index (χ1v) is 9.98. The molecule has 0 radical (unpaired) electrons. The Hall–Kier alpha value is -1.96. The predicted octanol–water partition coefficient (Wildman–Crippen LogP) is 4.87.